The van der Waals surface area contributed by atoms with E-state index in [0.29, 0.717) is 32.0 Å². The van der Waals surface area contributed by atoms with Gasteiger partial charge in [-0.05, 0) is 60.5 Å². The number of hydrogen-bond acceptors (Lipinski definition) is 6. The maximum atomic E-state index is 14.4. The van der Waals surface area contributed by atoms with Crippen LogP contribution in [0.15, 0.2) is 75.7 Å². The van der Waals surface area contributed by atoms with Crippen molar-refractivity contribution in [1.82, 2.24) is 4.57 Å². The third kappa shape index (κ3) is 7.06. The Hall–Kier alpha value is -2.99. The molecule has 1 aliphatic heterocycles. The van der Waals surface area contributed by atoms with Crippen molar-refractivity contribution in [1.29, 1.82) is 0 Å². The molecule has 0 N–H and O–H groups in total. The smallest absolute Gasteiger partial charge is 0.434 e. The van der Waals surface area contributed by atoms with Crippen molar-refractivity contribution in [2.45, 2.75) is 25.7 Å². The number of rotatable bonds is 7. The van der Waals surface area contributed by atoms with Crippen molar-refractivity contribution in [3.63, 3.8) is 0 Å². The van der Waals surface area contributed by atoms with Crippen LogP contribution in [-0.4, -0.2) is 23.3 Å². The van der Waals surface area contributed by atoms with E-state index >= 15 is 0 Å². The van der Waals surface area contributed by atoms with E-state index in [1.165, 1.54) is 49.4 Å². The Balaban J connectivity index is 1.70. The van der Waals surface area contributed by atoms with Crippen LogP contribution in [0, 0.1) is 0 Å². The number of halogens is 8. The average molecular weight is 737 g/mol. The number of aromatic nitrogens is 1. The summed E-state index contributed by atoms with van der Waals surface area (Å²) in [5.74, 6) is -1.11. The zero-order chi connectivity index (χ0) is 32.6. The highest BCUT2D eigenvalue weighted by molar-refractivity contribution is 7.07. The van der Waals surface area contributed by atoms with Gasteiger partial charge in [-0.3, -0.25) is 9.36 Å². The van der Waals surface area contributed by atoms with Gasteiger partial charge in [-0.25, -0.2) is 9.79 Å². The van der Waals surface area contributed by atoms with Crippen molar-refractivity contribution in [3.8, 4) is 5.75 Å². The summed E-state index contributed by atoms with van der Waals surface area (Å²) >= 11 is 31.6. The molecule has 234 valence electrons. The van der Waals surface area contributed by atoms with Crippen LogP contribution in [0.1, 0.15) is 29.7 Å². The molecule has 1 atom stereocenters. The van der Waals surface area contributed by atoms with Crippen molar-refractivity contribution in [2.75, 3.05) is 6.61 Å². The Morgan fingerprint density at radius 3 is 2.33 bits per heavy atom. The van der Waals surface area contributed by atoms with Gasteiger partial charge in [-0.1, -0.05) is 87.5 Å². The molecule has 1 aliphatic rings. The molecule has 1 aromatic heterocycles. The summed E-state index contributed by atoms with van der Waals surface area (Å²) in [6.45, 7) is 1.26. The highest BCUT2D eigenvalue weighted by Crippen LogP contribution is 2.39. The fourth-order valence-electron chi connectivity index (χ4n) is 4.57. The number of benzene rings is 3. The molecule has 0 aliphatic carbocycles. The molecule has 15 heteroatoms. The quantitative estimate of drug-likeness (QED) is 0.180. The Morgan fingerprint density at radius 1 is 0.978 bits per heavy atom. The second kappa shape index (κ2) is 13.4. The zero-order valence-electron chi connectivity index (χ0n) is 22.7. The number of thiazole rings is 1. The molecule has 3 aromatic carbocycles. The largest absolute Gasteiger partial charge is 0.487 e. The molecule has 4 aromatic rings. The van der Waals surface area contributed by atoms with Crippen LogP contribution in [0.3, 0.4) is 0 Å². The summed E-state index contributed by atoms with van der Waals surface area (Å²) < 4.78 is 55.1. The molecule has 45 heavy (non-hydrogen) atoms. The van der Waals surface area contributed by atoms with Crippen molar-refractivity contribution >= 4 is 81.4 Å². The summed E-state index contributed by atoms with van der Waals surface area (Å²) in [6.07, 6.45) is -3.67. The molecule has 6 nitrogen and oxygen atoms in total. The molecule has 0 fully saturated rings. The Kier molecular flexibility index (Phi) is 9.93. The number of esters is 1. The van der Waals surface area contributed by atoms with E-state index in [-0.39, 0.29) is 49.5 Å². The molecule has 5 rings (SSSR count). The van der Waals surface area contributed by atoms with Gasteiger partial charge in [0, 0.05) is 15.6 Å². The van der Waals surface area contributed by atoms with Crippen LogP contribution in [0.4, 0.5) is 13.2 Å². The lowest BCUT2D eigenvalue weighted by atomic mass is 9.95. The molecule has 0 bridgehead atoms. The lowest BCUT2D eigenvalue weighted by molar-refractivity contribution is -0.140. The number of fused-ring (bicyclic) bond motifs is 1. The molecule has 0 saturated carbocycles. The number of alkyl halides is 3. The van der Waals surface area contributed by atoms with Crippen LogP contribution in [-0.2, 0) is 16.1 Å². The van der Waals surface area contributed by atoms with Gasteiger partial charge in [-0.2, -0.15) is 13.2 Å². The molecule has 0 spiro atoms. The van der Waals surface area contributed by atoms with Crippen molar-refractivity contribution < 1.29 is 27.4 Å². The van der Waals surface area contributed by atoms with Gasteiger partial charge in [0.05, 0.1) is 37.8 Å². The number of carbonyl (C=O) groups excluding carboxylic acids is 1. The third-order valence-corrected chi connectivity index (χ3v) is 8.94. The minimum atomic E-state index is -5.05. The summed E-state index contributed by atoms with van der Waals surface area (Å²) in [6, 6.07) is 12.0. The maximum absolute atomic E-state index is 14.4. The van der Waals surface area contributed by atoms with Crippen LogP contribution >= 0.6 is 69.3 Å². The topological polar surface area (TPSA) is 69.9 Å². The van der Waals surface area contributed by atoms with E-state index in [0.717, 1.165) is 4.57 Å². The Morgan fingerprint density at radius 2 is 1.69 bits per heavy atom. The predicted molar refractivity (Wildman–Crippen MR) is 169 cm³/mol. The molecular formula is C30H18Cl5F3N2O4S. The second-order valence-electron chi connectivity index (χ2n) is 9.46. The van der Waals surface area contributed by atoms with Crippen LogP contribution in [0.25, 0.3) is 6.08 Å². The minimum Gasteiger partial charge on any atom is -0.487 e. The SMILES string of the molecule is CCOC(=O)C1=C(C(F)(F)F)N=c2s/c(=C\c3cc(Cl)cc(Cl)c3OCc3ccc(Cl)c(Cl)c3)c(=O)n2[C@H]1c1ccc(Cl)cc1. The van der Waals surface area contributed by atoms with Gasteiger partial charge in [0.2, 0.25) is 0 Å². The van der Waals surface area contributed by atoms with E-state index in [9.17, 15) is 22.8 Å². The molecule has 0 saturated heterocycles. The average Bonchev–Trinajstić information content (AvgIpc) is 3.28. The van der Waals surface area contributed by atoms with Gasteiger partial charge in [-0.15, -0.1) is 0 Å². The number of nitrogens with zero attached hydrogens (tertiary/aromatic N) is 2. The molecule has 0 amide bonds. The van der Waals surface area contributed by atoms with Gasteiger partial charge in [0.1, 0.15) is 12.4 Å². The first-order chi connectivity index (χ1) is 21.3. The van der Waals surface area contributed by atoms with Gasteiger partial charge < -0.3 is 9.47 Å². The lowest BCUT2D eigenvalue weighted by Gasteiger charge is -2.26. The molecule has 0 radical (unpaired) electrons. The summed E-state index contributed by atoms with van der Waals surface area (Å²) in [4.78, 5) is 30.4. The highest BCUT2D eigenvalue weighted by atomic mass is 35.5. The fraction of sp³-hybridized carbons (Fsp3) is 0.167. The second-order valence-corrected chi connectivity index (χ2v) is 12.6. The monoisotopic (exact) mass is 734 g/mol. The van der Waals surface area contributed by atoms with Crippen molar-refractivity contribution in [2.24, 2.45) is 4.99 Å². The number of hydrogen-bond donors (Lipinski definition) is 0. The first-order valence-corrected chi connectivity index (χ1v) is 15.6. The van der Waals surface area contributed by atoms with E-state index in [2.05, 4.69) is 4.99 Å². The van der Waals surface area contributed by atoms with Crippen LogP contribution in [0.5, 0.6) is 5.75 Å². The number of carbonyl (C=O) groups is 1. The molecule has 2 heterocycles. The van der Waals surface area contributed by atoms with E-state index < -0.39 is 35.0 Å². The van der Waals surface area contributed by atoms with Gasteiger partial charge >= 0.3 is 12.1 Å². The van der Waals surface area contributed by atoms with Crippen LogP contribution < -0.4 is 19.6 Å². The van der Waals surface area contributed by atoms with Crippen LogP contribution in [0.2, 0.25) is 25.1 Å². The number of allylic oxidation sites excluding steroid dienone is 1. The first-order valence-electron chi connectivity index (χ1n) is 12.9. The standard InChI is InChI=1S/C30H18Cl5F3N2O4S/c1-2-43-28(42)23-24(15-4-6-17(31)7-5-15)40-27(41)22(45-29(40)39-26(23)30(36,37)38)11-16-10-18(32)12-21(35)25(16)44-13-14-3-8-19(33)20(34)9-14/h3-12,24H,2,13H2,1H3/b22-11-/t24-/m0/s1. The van der Waals surface area contributed by atoms with Gasteiger partial charge in [0.25, 0.3) is 5.56 Å². The third-order valence-electron chi connectivity index (χ3n) is 6.47. The maximum Gasteiger partial charge on any atom is 0.434 e. The number of ether oxygens (including phenoxy) is 2. The normalized spacial score (nSPS) is 15.1. The van der Waals surface area contributed by atoms with E-state index in [1.54, 1.807) is 18.2 Å². The van der Waals surface area contributed by atoms with Gasteiger partial charge in [0.15, 0.2) is 10.5 Å². The summed E-state index contributed by atoms with van der Waals surface area (Å²) in [5, 5.41) is 1.30. The predicted octanol–water partition coefficient (Wildman–Crippen LogP) is 8.19. The van der Waals surface area contributed by atoms with E-state index in [4.69, 9.17) is 67.5 Å². The van der Waals surface area contributed by atoms with E-state index in [1.807, 2.05) is 0 Å². The molecular weight excluding hydrogens is 719 g/mol. The zero-order valence-corrected chi connectivity index (χ0v) is 27.3. The Bertz CT molecular complexity index is 2030. The fourth-order valence-corrected chi connectivity index (χ4v) is 6.57. The highest BCUT2D eigenvalue weighted by Gasteiger charge is 2.45. The molecule has 0 unspecified atom stereocenters. The minimum absolute atomic E-state index is 0.00867. The van der Waals surface area contributed by atoms with Crippen molar-refractivity contribution in [3.05, 3.63) is 127 Å². The summed E-state index contributed by atoms with van der Waals surface area (Å²) in [7, 11) is 0. The lowest BCUT2D eigenvalue weighted by Crippen LogP contribution is -2.41. The first kappa shape index (κ1) is 33.4. The summed E-state index contributed by atoms with van der Waals surface area (Å²) in [5.41, 5.74) is -1.92. The Labute approximate surface area is 282 Å².